The van der Waals surface area contributed by atoms with E-state index in [-0.39, 0.29) is 5.78 Å². The molecule has 0 N–H and O–H groups in total. The van der Waals surface area contributed by atoms with Crippen LogP contribution in [0, 0.1) is 13.8 Å². The zero-order valence-electron chi connectivity index (χ0n) is 11.4. The lowest BCUT2D eigenvalue weighted by Gasteiger charge is -2.02. The van der Waals surface area contributed by atoms with Crippen molar-refractivity contribution < 1.29 is 4.79 Å². The fourth-order valence-electron chi connectivity index (χ4n) is 2.07. The molecule has 2 rings (SSSR count). The van der Waals surface area contributed by atoms with Crippen molar-refractivity contribution in [2.75, 3.05) is 0 Å². The van der Waals surface area contributed by atoms with Crippen LogP contribution in [0.1, 0.15) is 22.4 Å². The number of halogens is 1. The molecule has 0 amide bonds. The minimum Gasteiger partial charge on any atom is -0.299 e. The topological polar surface area (TPSA) is 34.9 Å². The third-order valence-corrected chi connectivity index (χ3v) is 3.64. The summed E-state index contributed by atoms with van der Waals surface area (Å²) in [7, 11) is 1.78. The fraction of sp³-hybridized carbons (Fsp3) is 0.333. The Hall–Kier alpha value is -1.61. The zero-order chi connectivity index (χ0) is 14.0. The second-order valence-corrected chi connectivity index (χ2v) is 5.21. The Morgan fingerprint density at radius 2 is 1.84 bits per heavy atom. The monoisotopic (exact) mass is 276 g/mol. The molecule has 0 radical (unpaired) electrons. The minimum absolute atomic E-state index is 0.154. The number of carbonyl (C=O) groups excluding carboxylic acids is 1. The van der Waals surface area contributed by atoms with Gasteiger partial charge in [0, 0.05) is 25.5 Å². The lowest BCUT2D eigenvalue weighted by Crippen LogP contribution is -2.07. The van der Waals surface area contributed by atoms with Gasteiger partial charge in [0.25, 0.3) is 0 Å². The van der Waals surface area contributed by atoms with E-state index in [0.717, 1.165) is 16.8 Å². The Labute approximate surface area is 118 Å². The van der Waals surface area contributed by atoms with Gasteiger partial charge < -0.3 is 0 Å². The van der Waals surface area contributed by atoms with Crippen LogP contribution in [0.2, 0.25) is 5.15 Å². The normalized spacial score (nSPS) is 10.7. The number of nitrogens with zero attached hydrogens (tertiary/aromatic N) is 2. The molecule has 0 aliphatic carbocycles. The number of hydrogen-bond donors (Lipinski definition) is 0. The van der Waals surface area contributed by atoms with Crippen LogP contribution in [0.3, 0.4) is 0 Å². The zero-order valence-corrected chi connectivity index (χ0v) is 12.2. The predicted molar refractivity (Wildman–Crippen MR) is 76.5 cm³/mol. The van der Waals surface area contributed by atoms with Crippen LogP contribution < -0.4 is 0 Å². The molecule has 0 saturated carbocycles. The first kappa shape index (κ1) is 13.8. The molecule has 0 bridgehead atoms. The highest BCUT2D eigenvalue weighted by Crippen LogP contribution is 2.20. The van der Waals surface area contributed by atoms with Crippen molar-refractivity contribution in [1.82, 2.24) is 9.78 Å². The second kappa shape index (κ2) is 5.57. The highest BCUT2D eigenvalue weighted by molar-refractivity contribution is 6.30. The van der Waals surface area contributed by atoms with E-state index in [1.165, 1.54) is 5.56 Å². The van der Waals surface area contributed by atoms with Gasteiger partial charge >= 0.3 is 0 Å². The Morgan fingerprint density at radius 1 is 1.21 bits per heavy atom. The van der Waals surface area contributed by atoms with Gasteiger partial charge in [-0.1, -0.05) is 41.4 Å². The maximum atomic E-state index is 12.1. The summed E-state index contributed by atoms with van der Waals surface area (Å²) < 4.78 is 1.60. The largest absolute Gasteiger partial charge is 0.299 e. The summed E-state index contributed by atoms with van der Waals surface area (Å²) in [6.07, 6.45) is 0.775. The van der Waals surface area contributed by atoms with Gasteiger partial charge in [0.05, 0.1) is 5.69 Å². The molecule has 0 unspecified atom stereocenters. The first-order valence-electron chi connectivity index (χ1n) is 6.22. The molecule has 0 saturated heterocycles. The maximum Gasteiger partial charge on any atom is 0.141 e. The first-order chi connectivity index (χ1) is 8.97. The Bertz CT molecular complexity index is 599. The van der Waals surface area contributed by atoms with E-state index in [1.807, 2.05) is 38.1 Å². The summed E-state index contributed by atoms with van der Waals surface area (Å²) in [5.41, 5.74) is 3.89. The molecule has 0 aliphatic rings. The van der Waals surface area contributed by atoms with Crippen molar-refractivity contribution in [1.29, 1.82) is 0 Å². The number of rotatable bonds is 4. The van der Waals surface area contributed by atoms with Gasteiger partial charge in [-0.15, -0.1) is 0 Å². The summed E-state index contributed by atoms with van der Waals surface area (Å²) in [6.45, 7) is 3.91. The van der Waals surface area contributed by atoms with Gasteiger partial charge in [-0.25, -0.2) is 0 Å². The van der Waals surface area contributed by atoms with Crippen molar-refractivity contribution >= 4 is 17.4 Å². The summed E-state index contributed by atoms with van der Waals surface area (Å²) in [5.74, 6) is 0.154. The molecule has 1 aromatic carbocycles. The third kappa shape index (κ3) is 3.24. The minimum atomic E-state index is 0.154. The van der Waals surface area contributed by atoms with Crippen molar-refractivity contribution in [3.63, 3.8) is 0 Å². The molecule has 0 aliphatic heterocycles. The van der Waals surface area contributed by atoms with E-state index in [1.54, 1.807) is 11.7 Å². The van der Waals surface area contributed by atoms with Crippen LogP contribution in [0.5, 0.6) is 0 Å². The average molecular weight is 277 g/mol. The van der Waals surface area contributed by atoms with Gasteiger partial charge in [0.15, 0.2) is 0 Å². The second-order valence-electron chi connectivity index (χ2n) is 4.86. The molecule has 4 heteroatoms. The summed E-state index contributed by atoms with van der Waals surface area (Å²) >= 11 is 6.13. The van der Waals surface area contributed by atoms with E-state index in [9.17, 15) is 4.79 Å². The van der Waals surface area contributed by atoms with Crippen LogP contribution >= 0.6 is 11.6 Å². The molecular weight excluding hydrogens is 260 g/mol. The Morgan fingerprint density at radius 3 is 2.37 bits per heavy atom. The van der Waals surface area contributed by atoms with Gasteiger partial charge in [0.2, 0.25) is 0 Å². The molecule has 1 aromatic heterocycles. The number of carbonyl (C=O) groups is 1. The number of aryl methyl sites for hydroxylation is 3. The van der Waals surface area contributed by atoms with Gasteiger partial charge in [-0.2, -0.15) is 5.10 Å². The van der Waals surface area contributed by atoms with Crippen LogP contribution in [0.15, 0.2) is 24.3 Å². The number of hydrogen-bond acceptors (Lipinski definition) is 2. The smallest absolute Gasteiger partial charge is 0.141 e. The van der Waals surface area contributed by atoms with E-state index < -0.39 is 0 Å². The van der Waals surface area contributed by atoms with Gasteiger partial charge in [-0.3, -0.25) is 9.48 Å². The fourth-order valence-corrected chi connectivity index (χ4v) is 2.31. The Balaban J connectivity index is 2.07. The van der Waals surface area contributed by atoms with E-state index in [4.69, 9.17) is 11.6 Å². The van der Waals surface area contributed by atoms with Crippen LogP contribution in [0.25, 0.3) is 0 Å². The first-order valence-corrected chi connectivity index (χ1v) is 6.60. The predicted octanol–water partition coefficient (Wildman–Crippen LogP) is 3.04. The van der Waals surface area contributed by atoms with Crippen LogP contribution in [-0.4, -0.2) is 15.6 Å². The number of aromatic nitrogens is 2. The van der Waals surface area contributed by atoms with E-state index >= 15 is 0 Å². The molecular formula is C15H17ClN2O. The summed E-state index contributed by atoms with van der Waals surface area (Å²) in [4.78, 5) is 12.1. The molecule has 100 valence electrons. The van der Waals surface area contributed by atoms with Crippen LogP contribution in [0.4, 0.5) is 0 Å². The van der Waals surface area contributed by atoms with Gasteiger partial charge in [0.1, 0.15) is 10.9 Å². The van der Waals surface area contributed by atoms with Crippen molar-refractivity contribution in [2.24, 2.45) is 7.05 Å². The lowest BCUT2D eigenvalue weighted by atomic mass is 10.0. The summed E-state index contributed by atoms with van der Waals surface area (Å²) in [5, 5.41) is 4.77. The van der Waals surface area contributed by atoms with E-state index in [0.29, 0.717) is 18.0 Å². The maximum absolute atomic E-state index is 12.1. The quantitative estimate of drug-likeness (QED) is 0.860. The highest BCUT2D eigenvalue weighted by atomic mass is 35.5. The van der Waals surface area contributed by atoms with Crippen molar-refractivity contribution in [3.8, 4) is 0 Å². The van der Waals surface area contributed by atoms with Crippen molar-refractivity contribution in [2.45, 2.75) is 26.7 Å². The van der Waals surface area contributed by atoms with Crippen molar-refractivity contribution in [3.05, 3.63) is 51.8 Å². The average Bonchev–Trinajstić information content (AvgIpc) is 2.59. The van der Waals surface area contributed by atoms with Gasteiger partial charge in [-0.05, 0) is 19.4 Å². The number of ketones is 1. The lowest BCUT2D eigenvalue weighted by molar-refractivity contribution is -0.117. The number of benzene rings is 1. The number of Topliss-reactive ketones (excluding diaryl/α,β-unsaturated/α-hetero) is 1. The molecule has 19 heavy (non-hydrogen) atoms. The molecule has 1 heterocycles. The molecule has 0 spiro atoms. The molecule has 3 nitrogen and oxygen atoms in total. The van der Waals surface area contributed by atoms with Crippen LogP contribution in [-0.2, 0) is 24.7 Å². The molecule has 0 atom stereocenters. The molecule has 0 fully saturated rings. The molecule has 2 aromatic rings. The SMILES string of the molecule is Cc1ccc(CC(=O)Cc2c(C)nn(C)c2Cl)cc1. The van der Waals surface area contributed by atoms with E-state index in [2.05, 4.69) is 5.10 Å². The third-order valence-electron chi connectivity index (χ3n) is 3.17. The Kier molecular flexibility index (Phi) is 4.05. The standard InChI is InChI=1S/C15H17ClN2O/c1-10-4-6-12(7-5-10)8-13(19)9-14-11(2)17-18(3)15(14)16/h4-7H,8-9H2,1-3H3. The summed E-state index contributed by atoms with van der Waals surface area (Å²) in [6, 6.07) is 8.02. The highest BCUT2D eigenvalue weighted by Gasteiger charge is 2.15.